The number of hydrogen-bond donors (Lipinski definition) is 1. The van der Waals surface area contributed by atoms with Gasteiger partial charge < -0.3 is 10.1 Å². The van der Waals surface area contributed by atoms with Crippen molar-refractivity contribution in [3.05, 3.63) is 59.2 Å². The van der Waals surface area contributed by atoms with E-state index >= 15 is 0 Å². The summed E-state index contributed by atoms with van der Waals surface area (Å²) in [7, 11) is 1.61. The lowest BCUT2D eigenvalue weighted by Crippen LogP contribution is -2.18. The van der Waals surface area contributed by atoms with Crippen LogP contribution >= 0.6 is 23.4 Å². The van der Waals surface area contributed by atoms with Crippen molar-refractivity contribution in [2.45, 2.75) is 12.8 Å². The fraction of sp³-hybridized carbons (Fsp3) is 0.211. The van der Waals surface area contributed by atoms with Crippen LogP contribution in [0.1, 0.15) is 17.4 Å². The van der Waals surface area contributed by atoms with Gasteiger partial charge in [0.2, 0.25) is 0 Å². The largest absolute Gasteiger partial charge is 0.497 e. The molecule has 0 aliphatic carbocycles. The van der Waals surface area contributed by atoms with Crippen LogP contribution in [-0.4, -0.2) is 33.8 Å². The zero-order chi connectivity index (χ0) is 19.2. The average Bonchev–Trinajstić information content (AvgIpc) is 3.10. The van der Waals surface area contributed by atoms with Crippen LogP contribution in [0.25, 0.3) is 11.3 Å². The van der Waals surface area contributed by atoms with Crippen molar-refractivity contribution in [3.8, 4) is 17.0 Å². The summed E-state index contributed by atoms with van der Waals surface area (Å²) in [5.74, 6) is 1.90. The summed E-state index contributed by atoms with van der Waals surface area (Å²) in [6.45, 7) is 2.05. The third-order valence-corrected chi connectivity index (χ3v) is 4.88. The number of amides is 1. The molecule has 140 valence electrons. The number of rotatable bonds is 7. The predicted octanol–water partition coefficient (Wildman–Crippen LogP) is 4.57. The van der Waals surface area contributed by atoms with Crippen molar-refractivity contribution in [1.82, 2.24) is 15.0 Å². The summed E-state index contributed by atoms with van der Waals surface area (Å²) in [5, 5.41) is 11.9. The topological polar surface area (TPSA) is 69.0 Å². The number of aromatic nitrogens is 3. The number of nitrogens with zero attached hydrogens (tertiary/aromatic N) is 3. The van der Waals surface area contributed by atoms with Gasteiger partial charge in [-0.1, -0.05) is 29.8 Å². The van der Waals surface area contributed by atoms with Crippen molar-refractivity contribution in [3.63, 3.8) is 0 Å². The van der Waals surface area contributed by atoms with E-state index in [1.54, 1.807) is 47.8 Å². The van der Waals surface area contributed by atoms with Crippen LogP contribution in [0.2, 0.25) is 5.02 Å². The SMILES string of the molecule is CCSCn1nnc(-c2ccc(OC)cc2)c1C(=O)Nc1cccc(Cl)c1. The molecule has 6 nitrogen and oxygen atoms in total. The predicted molar refractivity (Wildman–Crippen MR) is 110 cm³/mol. The molecule has 3 aromatic rings. The van der Waals surface area contributed by atoms with Gasteiger partial charge in [-0.15, -0.1) is 16.9 Å². The van der Waals surface area contributed by atoms with Crippen molar-refractivity contribution in [2.24, 2.45) is 0 Å². The van der Waals surface area contributed by atoms with E-state index in [1.165, 1.54) is 0 Å². The summed E-state index contributed by atoms with van der Waals surface area (Å²) < 4.78 is 6.81. The second kappa shape index (κ2) is 8.92. The molecule has 1 heterocycles. The highest BCUT2D eigenvalue weighted by Crippen LogP contribution is 2.26. The summed E-state index contributed by atoms with van der Waals surface area (Å²) in [6, 6.07) is 14.4. The molecule has 0 fully saturated rings. The van der Waals surface area contributed by atoms with E-state index in [0.717, 1.165) is 17.1 Å². The maximum atomic E-state index is 13.0. The van der Waals surface area contributed by atoms with E-state index in [9.17, 15) is 4.79 Å². The van der Waals surface area contributed by atoms with Gasteiger partial charge in [0, 0.05) is 16.3 Å². The van der Waals surface area contributed by atoms with Crippen LogP contribution in [0.3, 0.4) is 0 Å². The molecule has 0 radical (unpaired) electrons. The average molecular weight is 403 g/mol. The molecule has 0 saturated carbocycles. The highest BCUT2D eigenvalue weighted by atomic mass is 35.5. The monoisotopic (exact) mass is 402 g/mol. The van der Waals surface area contributed by atoms with Crippen LogP contribution in [0.15, 0.2) is 48.5 Å². The van der Waals surface area contributed by atoms with Gasteiger partial charge in [0.1, 0.15) is 11.4 Å². The summed E-state index contributed by atoms with van der Waals surface area (Å²) >= 11 is 7.67. The molecule has 0 spiro atoms. The molecule has 8 heteroatoms. The Hall–Kier alpha value is -2.51. The number of methoxy groups -OCH3 is 1. The molecular weight excluding hydrogens is 384 g/mol. The van der Waals surface area contributed by atoms with E-state index in [-0.39, 0.29) is 5.91 Å². The number of carbonyl (C=O) groups excluding carboxylic acids is 1. The first-order valence-corrected chi connectivity index (χ1v) is 9.88. The lowest BCUT2D eigenvalue weighted by atomic mass is 10.1. The van der Waals surface area contributed by atoms with Crippen LogP contribution < -0.4 is 10.1 Å². The second-order valence-electron chi connectivity index (χ2n) is 5.60. The first-order chi connectivity index (χ1) is 13.1. The van der Waals surface area contributed by atoms with Gasteiger partial charge in [-0.2, -0.15) is 0 Å². The molecule has 2 aromatic carbocycles. The molecule has 1 N–H and O–H groups in total. The Morgan fingerprint density at radius 3 is 2.70 bits per heavy atom. The first kappa shape index (κ1) is 19.3. The molecule has 1 amide bonds. The van der Waals surface area contributed by atoms with E-state index in [0.29, 0.717) is 28.0 Å². The lowest BCUT2D eigenvalue weighted by molar-refractivity contribution is 0.101. The standard InChI is InChI=1S/C19H19ClN4O2S/c1-3-27-12-24-18(19(25)21-15-6-4-5-14(20)11-15)17(22-23-24)13-7-9-16(26-2)10-8-13/h4-11H,3,12H2,1-2H3,(H,21,25). The molecule has 0 unspecified atom stereocenters. The fourth-order valence-electron chi connectivity index (χ4n) is 2.51. The Morgan fingerprint density at radius 2 is 2.04 bits per heavy atom. The van der Waals surface area contributed by atoms with E-state index in [1.807, 2.05) is 24.3 Å². The van der Waals surface area contributed by atoms with Gasteiger partial charge >= 0.3 is 0 Å². The van der Waals surface area contributed by atoms with Crippen LogP contribution in [0.4, 0.5) is 5.69 Å². The Kier molecular flexibility index (Phi) is 6.36. The quantitative estimate of drug-likeness (QED) is 0.626. The van der Waals surface area contributed by atoms with Crippen molar-refractivity contribution >= 4 is 35.0 Å². The van der Waals surface area contributed by atoms with Gasteiger partial charge in [-0.25, -0.2) is 4.68 Å². The number of carbonyl (C=O) groups is 1. The molecule has 3 rings (SSSR count). The minimum absolute atomic E-state index is 0.287. The van der Waals surface area contributed by atoms with Gasteiger partial charge in [-0.05, 0) is 48.2 Å². The molecule has 0 saturated heterocycles. The normalized spacial score (nSPS) is 10.6. The van der Waals surface area contributed by atoms with E-state index < -0.39 is 0 Å². The van der Waals surface area contributed by atoms with Crippen molar-refractivity contribution in [2.75, 3.05) is 18.2 Å². The lowest BCUT2D eigenvalue weighted by Gasteiger charge is -2.09. The maximum absolute atomic E-state index is 13.0. The van der Waals surface area contributed by atoms with Gasteiger partial charge in [0.05, 0.1) is 13.0 Å². The molecule has 0 aliphatic heterocycles. The number of halogens is 1. The molecular formula is C19H19ClN4O2S. The molecule has 0 atom stereocenters. The summed E-state index contributed by atoms with van der Waals surface area (Å²) in [6.07, 6.45) is 0. The molecule has 27 heavy (non-hydrogen) atoms. The molecule has 0 bridgehead atoms. The van der Waals surface area contributed by atoms with Crippen LogP contribution in [0.5, 0.6) is 5.75 Å². The number of nitrogens with one attached hydrogen (secondary N) is 1. The Labute approximate surface area is 166 Å². The summed E-state index contributed by atoms with van der Waals surface area (Å²) in [4.78, 5) is 13.0. The molecule has 1 aromatic heterocycles. The smallest absolute Gasteiger partial charge is 0.276 e. The summed E-state index contributed by atoms with van der Waals surface area (Å²) in [5.41, 5.74) is 2.33. The minimum atomic E-state index is -0.287. The zero-order valence-corrected chi connectivity index (χ0v) is 16.5. The third kappa shape index (κ3) is 4.61. The van der Waals surface area contributed by atoms with Crippen LogP contribution in [-0.2, 0) is 5.88 Å². The highest BCUT2D eigenvalue weighted by molar-refractivity contribution is 7.98. The number of hydrogen-bond acceptors (Lipinski definition) is 5. The van der Waals surface area contributed by atoms with E-state index in [4.69, 9.17) is 16.3 Å². The van der Waals surface area contributed by atoms with Crippen LogP contribution in [0, 0.1) is 0 Å². The van der Waals surface area contributed by atoms with Gasteiger partial charge in [-0.3, -0.25) is 4.79 Å². The van der Waals surface area contributed by atoms with Crippen molar-refractivity contribution < 1.29 is 9.53 Å². The zero-order valence-electron chi connectivity index (χ0n) is 15.0. The van der Waals surface area contributed by atoms with Gasteiger partial charge in [0.15, 0.2) is 5.69 Å². The number of anilines is 1. The maximum Gasteiger partial charge on any atom is 0.276 e. The number of thioether (sulfide) groups is 1. The number of benzene rings is 2. The Morgan fingerprint density at radius 1 is 1.26 bits per heavy atom. The second-order valence-corrected chi connectivity index (χ2v) is 7.28. The Bertz CT molecular complexity index is 928. The fourth-order valence-corrected chi connectivity index (χ4v) is 3.23. The van der Waals surface area contributed by atoms with E-state index in [2.05, 4.69) is 22.6 Å². The van der Waals surface area contributed by atoms with Crippen molar-refractivity contribution in [1.29, 1.82) is 0 Å². The molecule has 0 aliphatic rings. The Balaban J connectivity index is 1.96. The van der Waals surface area contributed by atoms with Gasteiger partial charge in [0.25, 0.3) is 5.91 Å². The highest BCUT2D eigenvalue weighted by Gasteiger charge is 2.22. The third-order valence-electron chi connectivity index (χ3n) is 3.81. The number of ether oxygens (including phenoxy) is 1. The minimum Gasteiger partial charge on any atom is -0.497 e. The first-order valence-electron chi connectivity index (χ1n) is 8.35.